The maximum Gasteiger partial charge on any atom is 0.349 e. The van der Waals surface area contributed by atoms with Gasteiger partial charge in [-0.25, -0.2) is 22.8 Å². The smallest absolute Gasteiger partial charge is 0.349 e. The molecule has 2 heterocycles. The molecule has 0 aliphatic carbocycles. The highest BCUT2D eigenvalue weighted by atomic mass is 32.2. The van der Waals surface area contributed by atoms with Gasteiger partial charge in [0.25, 0.3) is 0 Å². The molecule has 1 aliphatic heterocycles. The van der Waals surface area contributed by atoms with Gasteiger partial charge >= 0.3 is 17.9 Å². The standard InChI is InChI=1S/C26H26N2O9S2/c1-15-22(37-14-21(29)30)24(26(33)34)38-23(15)17-3-2-4-19(13-17)27-18-9-11-28(12-10-18)39(35,36)20-7-5-16(6-8-20)25(31)32/h2-8,13,18,27H,9-12,14H2,1H3,(H,29,30)(H,31,32)(H,33,34). The van der Waals surface area contributed by atoms with Gasteiger partial charge in [0.1, 0.15) is 5.75 Å². The minimum absolute atomic E-state index is 0.00504. The van der Waals surface area contributed by atoms with Crippen LogP contribution in [0.4, 0.5) is 5.69 Å². The largest absolute Gasteiger partial charge is 0.480 e. The zero-order valence-corrected chi connectivity index (χ0v) is 22.4. The van der Waals surface area contributed by atoms with Crippen molar-refractivity contribution in [2.75, 3.05) is 25.0 Å². The quantitative estimate of drug-likeness (QED) is 0.279. The Morgan fingerprint density at radius 1 is 1.03 bits per heavy atom. The molecule has 2 aromatic carbocycles. The molecule has 206 valence electrons. The molecule has 0 spiro atoms. The SMILES string of the molecule is Cc1c(-c2cccc(NC3CCN(S(=O)(=O)c4ccc(C(=O)O)cc4)CC3)c2)sc(C(=O)O)c1OCC(=O)O. The average Bonchev–Trinajstić information content (AvgIpc) is 3.24. The second-order valence-corrected chi connectivity index (χ2v) is 11.9. The maximum atomic E-state index is 13.0. The van der Waals surface area contributed by atoms with Gasteiger partial charge in [0.2, 0.25) is 10.0 Å². The van der Waals surface area contributed by atoms with Crippen LogP contribution in [-0.2, 0) is 14.8 Å². The Bertz CT molecular complexity index is 1510. The van der Waals surface area contributed by atoms with Gasteiger partial charge < -0.3 is 25.4 Å². The number of aromatic carboxylic acids is 2. The molecular formula is C26H26N2O9S2. The zero-order chi connectivity index (χ0) is 28.3. The van der Waals surface area contributed by atoms with E-state index in [1.54, 1.807) is 6.92 Å². The molecule has 13 heteroatoms. The maximum absolute atomic E-state index is 13.0. The van der Waals surface area contributed by atoms with Gasteiger partial charge in [-0.3, -0.25) is 0 Å². The Morgan fingerprint density at radius 3 is 2.28 bits per heavy atom. The number of rotatable bonds is 10. The fourth-order valence-corrected chi connectivity index (χ4v) is 6.92. The number of carbonyl (C=O) groups is 3. The molecule has 0 radical (unpaired) electrons. The van der Waals surface area contributed by atoms with E-state index in [2.05, 4.69) is 5.32 Å². The number of hydrogen-bond donors (Lipinski definition) is 4. The summed E-state index contributed by atoms with van der Waals surface area (Å²) in [7, 11) is -3.75. The summed E-state index contributed by atoms with van der Waals surface area (Å²) in [5.41, 5.74) is 2.06. The molecule has 1 aliphatic rings. The van der Waals surface area contributed by atoms with Crippen LogP contribution in [0.15, 0.2) is 53.4 Å². The van der Waals surface area contributed by atoms with Crippen molar-refractivity contribution in [3.63, 3.8) is 0 Å². The number of piperidine rings is 1. The average molecular weight is 575 g/mol. The Morgan fingerprint density at radius 2 is 1.69 bits per heavy atom. The topological polar surface area (TPSA) is 171 Å². The summed E-state index contributed by atoms with van der Waals surface area (Å²) >= 11 is 1.01. The second kappa shape index (κ2) is 11.4. The van der Waals surface area contributed by atoms with Gasteiger partial charge in [0, 0.05) is 35.3 Å². The number of anilines is 1. The number of nitrogens with one attached hydrogen (secondary N) is 1. The molecule has 1 aromatic heterocycles. The Labute approximate surface area is 228 Å². The van der Waals surface area contributed by atoms with Crippen LogP contribution in [0.1, 0.15) is 38.4 Å². The number of carboxylic acids is 3. The number of aliphatic carboxylic acids is 1. The van der Waals surface area contributed by atoms with Crippen LogP contribution in [0.25, 0.3) is 10.4 Å². The molecule has 0 saturated carbocycles. The number of benzene rings is 2. The fraction of sp³-hybridized carbons (Fsp3) is 0.269. The third-order valence-corrected chi connectivity index (χ3v) is 9.54. The van der Waals surface area contributed by atoms with Crippen molar-refractivity contribution in [2.24, 2.45) is 0 Å². The van der Waals surface area contributed by atoms with Gasteiger partial charge in [0.15, 0.2) is 11.5 Å². The molecule has 1 saturated heterocycles. The van der Waals surface area contributed by atoms with E-state index in [1.807, 2.05) is 24.3 Å². The summed E-state index contributed by atoms with van der Waals surface area (Å²) in [5, 5.41) is 30.9. The summed E-state index contributed by atoms with van der Waals surface area (Å²) < 4.78 is 32.7. The summed E-state index contributed by atoms with van der Waals surface area (Å²) in [6.45, 7) is 1.61. The first-order chi connectivity index (χ1) is 18.5. The molecule has 3 aromatic rings. The minimum atomic E-state index is -3.75. The first-order valence-corrected chi connectivity index (χ1v) is 14.1. The van der Waals surface area contributed by atoms with Crippen molar-refractivity contribution in [3.8, 4) is 16.2 Å². The van der Waals surface area contributed by atoms with Crippen molar-refractivity contribution < 1.29 is 42.9 Å². The highest BCUT2D eigenvalue weighted by Crippen LogP contribution is 2.42. The van der Waals surface area contributed by atoms with E-state index < -0.39 is 34.5 Å². The van der Waals surface area contributed by atoms with Crippen molar-refractivity contribution in [3.05, 3.63) is 64.5 Å². The lowest BCUT2D eigenvalue weighted by molar-refractivity contribution is -0.139. The molecule has 11 nitrogen and oxygen atoms in total. The number of carboxylic acid groups (broad SMARTS) is 3. The van der Waals surface area contributed by atoms with E-state index in [4.69, 9.17) is 14.9 Å². The Kier molecular flexibility index (Phi) is 8.23. The monoisotopic (exact) mass is 574 g/mol. The molecule has 0 atom stereocenters. The first kappa shape index (κ1) is 28.1. The van der Waals surface area contributed by atoms with E-state index in [-0.39, 0.29) is 40.2 Å². The van der Waals surface area contributed by atoms with Gasteiger partial charge in [-0.05, 0) is 61.7 Å². The van der Waals surface area contributed by atoms with Gasteiger partial charge in [-0.2, -0.15) is 4.31 Å². The third-order valence-electron chi connectivity index (χ3n) is 6.31. The molecule has 4 N–H and O–H groups in total. The second-order valence-electron chi connectivity index (χ2n) is 8.94. The number of sulfonamides is 1. The van der Waals surface area contributed by atoms with Crippen LogP contribution in [0.3, 0.4) is 0 Å². The highest BCUT2D eigenvalue weighted by Gasteiger charge is 2.30. The molecule has 0 bridgehead atoms. The molecule has 0 unspecified atom stereocenters. The van der Waals surface area contributed by atoms with Gasteiger partial charge in [0.05, 0.1) is 10.5 Å². The molecule has 0 amide bonds. The summed E-state index contributed by atoms with van der Waals surface area (Å²) in [4.78, 5) is 34.3. The van der Waals surface area contributed by atoms with Crippen LogP contribution >= 0.6 is 11.3 Å². The van der Waals surface area contributed by atoms with Gasteiger partial charge in [-0.1, -0.05) is 12.1 Å². The minimum Gasteiger partial charge on any atom is -0.480 e. The van der Waals surface area contributed by atoms with Crippen molar-refractivity contribution in [2.45, 2.75) is 30.7 Å². The number of thiophene rings is 1. The van der Waals surface area contributed by atoms with Crippen LogP contribution in [0, 0.1) is 6.92 Å². The van der Waals surface area contributed by atoms with Crippen LogP contribution < -0.4 is 10.1 Å². The van der Waals surface area contributed by atoms with E-state index >= 15 is 0 Å². The van der Waals surface area contributed by atoms with Crippen LogP contribution in [0.2, 0.25) is 0 Å². The molecular weight excluding hydrogens is 548 g/mol. The molecule has 4 rings (SSSR count). The third kappa shape index (κ3) is 6.21. The van der Waals surface area contributed by atoms with E-state index in [0.29, 0.717) is 23.3 Å². The fourth-order valence-electron chi connectivity index (χ4n) is 4.37. The predicted octanol–water partition coefficient (Wildman–Crippen LogP) is 3.85. The summed E-state index contributed by atoms with van der Waals surface area (Å²) in [6, 6.07) is 12.5. The van der Waals surface area contributed by atoms with Crippen molar-refractivity contribution >= 4 is 45.0 Å². The Hall–Kier alpha value is -3.94. The normalized spacial score (nSPS) is 14.6. The lowest BCUT2D eigenvalue weighted by Crippen LogP contribution is -2.42. The number of hydrogen-bond acceptors (Lipinski definition) is 8. The predicted molar refractivity (Wildman–Crippen MR) is 143 cm³/mol. The molecule has 1 fully saturated rings. The van der Waals surface area contributed by atoms with Crippen molar-refractivity contribution in [1.29, 1.82) is 0 Å². The summed E-state index contributed by atoms with van der Waals surface area (Å²) in [6.07, 6.45) is 1.09. The number of nitrogens with zero attached hydrogens (tertiary/aromatic N) is 1. The zero-order valence-electron chi connectivity index (χ0n) is 20.8. The number of ether oxygens (including phenoxy) is 1. The lowest BCUT2D eigenvalue weighted by Gasteiger charge is -2.32. The van der Waals surface area contributed by atoms with E-state index in [9.17, 15) is 27.9 Å². The highest BCUT2D eigenvalue weighted by molar-refractivity contribution is 7.89. The van der Waals surface area contributed by atoms with Crippen LogP contribution in [-0.4, -0.2) is 71.7 Å². The van der Waals surface area contributed by atoms with Crippen LogP contribution in [0.5, 0.6) is 5.75 Å². The first-order valence-electron chi connectivity index (χ1n) is 11.9. The molecule has 39 heavy (non-hydrogen) atoms. The van der Waals surface area contributed by atoms with Crippen molar-refractivity contribution in [1.82, 2.24) is 4.31 Å². The van der Waals surface area contributed by atoms with E-state index in [0.717, 1.165) is 22.6 Å². The lowest BCUT2D eigenvalue weighted by atomic mass is 10.0. The summed E-state index contributed by atoms with van der Waals surface area (Å²) in [5.74, 6) is -3.50. The van der Waals surface area contributed by atoms with Gasteiger partial charge in [-0.15, -0.1) is 11.3 Å². The Balaban J connectivity index is 1.45. The van der Waals surface area contributed by atoms with E-state index in [1.165, 1.54) is 28.6 Å².